The van der Waals surface area contributed by atoms with Crippen molar-refractivity contribution in [3.05, 3.63) is 48.0 Å². The normalized spacial score (nSPS) is 12.5. The summed E-state index contributed by atoms with van der Waals surface area (Å²) >= 11 is 3.39. The van der Waals surface area contributed by atoms with Gasteiger partial charge in [0, 0.05) is 11.7 Å². The zero-order valence-electron chi connectivity index (χ0n) is 11.8. The smallest absolute Gasteiger partial charge is 0.150 e. The van der Waals surface area contributed by atoms with Gasteiger partial charge in [-0.1, -0.05) is 23.9 Å². The van der Waals surface area contributed by atoms with Gasteiger partial charge in [-0.15, -0.1) is 11.3 Å². The summed E-state index contributed by atoms with van der Waals surface area (Å²) in [4.78, 5) is 4.55. The van der Waals surface area contributed by atoms with Gasteiger partial charge in [-0.2, -0.15) is 0 Å². The minimum atomic E-state index is 0.177. The highest BCUT2D eigenvalue weighted by atomic mass is 32.2. The highest BCUT2D eigenvalue weighted by Gasteiger charge is 2.08. The standard InChI is InChI=1S/C16H16N2OS2/c1-10(11-3-6-13(19)7-4-11)17-12-5-8-14-15(9-12)21-16(18-14)20-2/h3-10,17,19H,1-2H3. The topological polar surface area (TPSA) is 45.2 Å². The van der Waals surface area contributed by atoms with Crippen molar-refractivity contribution in [2.45, 2.75) is 17.3 Å². The second-order valence-corrected chi connectivity index (χ2v) is 6.91. The third-order valence-corrected chi connectivity index (χ3v) is 5.32. The summed E-state index contributed by atoms with van der Waals surface area (Å²) in [6.07, 6.45) is 2.05. The van der Waals surface area contributed by atoms with E-state index in [0.717, 1.165) is 21.1 Å². The molecule has 1 unspecified atom stereocenters. The summed E-state index contributed by atoms with van der Waals surface area (Å²) in [5, 5.41) is 12.8. The molecular formula is C16H16N2OS2. The molecule has 5 heteroatoms. The Morgan fingerprint density at radius 3 is 2.67 bits per heavy atom. The Kier molecular flexibility index (Phi) is 4.03. The summed E-state index contributed by atoms with van der Waals surface area (Å²) < 4.78 is 2.29. The lowest BCUT2D eigenvalue weighted by Crippen LogP contribution is -2.06. The summed E-state index contributed by atoms with van der Waals surface area (Å²) in [5.41, 5.74) is 3.27. The van der Waals surface area contributed by atoms with Crippen LogP contribution < -0.4 is 5.32 Å². The number of nitrogens with one attached hydrogen (secondary N) is 1. The Balaban J connectivity index is 1.82. The lowest BCUT2D eigenvalue weighted by Gasteiger charge is -2.15. The number of aromatic hydroxyl groups is 1. The minimum Gasteiger partial charge on any atom is -0.508 e. The Hall–Kier alpha value is -1.72. The van der Waals surface area contributed by atoms with Crippen LogP contribution in [0.3, 0.4) is 0 Å². The Labute approximate surface area is 132 Å². The van der Waals surface area contributed by atoms with Gasteiger partial charge in [-0.3, -0.25) is 0 Å². The van der Waals surface area contributed by atoms with Gasteiger partial charge in [0.2, 0.25) is 0 Å². The summed E-state index contributed by atoms with van der Waals surface area (Å²) in [7, 11) is 0. The van der Waals surface area contributed by atoms with Gasteiger partial charge in [0.1, 0.15) is 5.75 Å². The zero-order chi connectivity index (χ0) is 14.8. The maximum Gasteiger partial charge on any atom is 0.150 e. The van der Waals surface area contributed by atoms with Crippen LogP contribution in [0.15, 0.2) is 46.8 Å². The van der Waals surface area contributed by atoms with Gasteiger partial charge in [-0.05, 0) is 49.1 Å². The molecule has 2 aromatic carbocycles. The number of phenolic OH excluding ortho intramolecular Hbond substituents is 1. The largest absolute Gasteiger partial charge is 0.508 e. The molecule has 0 radical (unpaired) electrons. The monoisotopic (exact) mass is 316 g/mol. The van der Waals surface area contributed by atoms with E-state index >= 15 is 0 Å². The number of hydrogen-bond acceptors (Lipinski definition) is 5. The fourth-order valence-corrected chi connectivity index (χ4v) is 3.71. The highest BCUT2D eigenvalue weighted by molar-refractivity contribution is 8.00. The number of thioether (sulfide) groups is 1. The van der Waals surface area contributed by atoms with Crippen molar-refractivity contribution in [3.8, 4) is 5.75 Å². The third kappa shape index (κ3) is 3.14. The minimum absolute atomic E-state index is 0.177. The number of thiazole rings is 1. The first-order valence-corrected chi connectivity index (χ1v) is 8.70. The Bertz CT molecular complexity index is 753. The molecule has 108 valence electrons. The molecule has 1 heterocycles. The number of phenols is 1. The van der Waals surface area contributed by atoms with E-state index < -0.39 is 0 Å². The van der Waals surface area contributed by atoms with E-state index in [9.17, 15) is 5.11 Å². The molecular weight excluding hydrogens is 300 g/mol. The van der Waals surface area contributed by atoms with Crippen molar-refractivity contribution in [3.63, 3.8) is 0 Å². The summed E-state index contributed by atoms with van der Waals surface area (Å²) in [6, 6.07) is 13.7. The van der Waals surface area contributed by atoms with E-state index in [1.807, 2.05) is 18.4 Å². The fraction of sp³-hybridized carbons (Fsp3) is 0.188. The van der Waals surface area contributed by atoms with E-state index in [-0.39, 0.29) is 6.04 Å². The highest BCUT2D eigenvalue weighted by Crippen LogP contribution is 2.31. The molecule has 1 aromatic heterocycles. The predicted molar refractivity (Wildman–Crippen MR) is 91.5 cm³/mol. The van der Waals surface area contributed by atoms with Crippen LogP contribution in [-0.2, 0) is 0 Å². The van der Waals surface area contributed by atoms with Crippen molar-refractivity contribution >= 4 is 39.0 Å². The maximum atomic E-state index is 9.34. The van der Waals surface area contributed by atoms with Crippen molar-refractivity contribution < 1.29 is 5.11 Å². The number of rotatable bonds is 4. The zero-order valence-corrected chi connectivity index (χ0v) is 13.5. The molecule has 0 saturated heterocycles. The lowest BCUT2D eigenvalue weighted by molar-refractivity contribution is 0.475. The molecule has 1 atom stereocenters. The van der Waals surface area contributed by atoms with Crippen LogP contribution in [0, 0.1) is 0 Å². The van der Waals surface area contributed by atoms with Crippen LogP contribution in [0.25, 0.3) is 10.2 Å². The first kappa shape index (κ1) is 14.2. The molecule has 3 rings (SSSR count). The molecule has 2 N–H and O–H groups in total. The van der Waals surface area contributed by atoms with Gasteiger partial charge < -0.3 is 10.4 Å². The second-order valence-electron chi connectivity index (χ2n) is 4.82. The van der Waals surface area contributed by atoms with Gasteiger partial charge in [0.05, 0.1) is 10.2 Å². The molecule has 3 aromatic rings. The van der Waals surface area contributed by atoms with Crippen LogP contribution in [-0.4, -0.2) is 16.3 Å². The third-order valence-electron chi connectivity index (χ3n) is 3.32. The van der Waals surface area contributed by atoms with E-state index in [1.54, 1.807) is 35.2 Å². The molecule has 0 aliphatic rings. The van der Waals surface area contributed by atoms with E-state index in [2.05, 4.69) is 35.4 Å². The first-order chi connectivity index (χ1) is 10.2. The second kappa shape index (κ2) is 5.95. The van der Waals surface area contributed by atoms with Crippen LogP contribution in [0.1, 0.15) is 18.5 Å². The molecule has 0 aliphatic heterocycles. The van der Waals surface area contributed by atoms with Crippen LogP contribution >= 0.6 is 23.1 Å². The molecule has 0 fully saturated rings. The number of nitrogens with zero attached hydrogens (tertiary/aromatic N) is 1. The first-order valence-electron chi connectivity index (χ1n) is 6.66. The number of anilines is 1. The number of aromatic nitrogens is 1. The van der Waals surface area contributed by atoms with Gasteiger partial charge in [-0.25, -0.2) is 4.98 Å². The SMILES string of the molecule is CSc1nc2ccc(NC(C)c3ccc(O)cc3)cc2s1. The molecule has 0 aliphatic carbocycles. The predicted octanol–water partition coefficient (Wildman–Crippen LogP) is 4.90. The average Bonchev–Trinajstić information content (AvgIpc) is 2.90. The Morgan fingerprint density at radius 2 is 1.95 bits per heavy atom. The van der Waals surface area contributed by atoms with Gasteiger partial charge in [0.25, 0.3) is 0 Å². The van der Waals surface area contributed by atoms with Crippen molar-refractivity contribution in [2.24, 2.45) is 0 Å². The maximum absolute atomic E-state index is 9.34. The van der Waals surface area contributed by atoms with Crippen LogP contribution in [0.2, 0.25) is 0 Å². The average molecular weight is 316 g/mol. The molecule has 0 bridgehead atoms. The molecule has 3 nitrogen and oxygen atoms in total. The summed E-state index contributed by atoms with van der Waals surface area (Å²) in [5.74, 6) is 0.293. The molecule has 0 saturated carbocycles. The van der Waals surface area contributed by atoms with E-state index in [0.29, 0.717) is 5.75 Å². The van der Waals surface area contributed by atoms with E-state index in [4.69, 9.17) is 0 Å². The Morgan fingerprint density at radius 1 is 1.19 bits per heavy atom. The van der Waals surface area contributed by atoms with Crippen molar-refractivity contribution in [1.29, 1.82) is 0 Å². The van der Waals surface area contributed by atoms with Crippen LogP contribution in [0.4, 0.5) is 5.69 Å². The van der Waals surface area contributed by atoms with E-state index in [1.165, 1.54) is 4.70 Å². The quantitative estimate of drug-likeness (QED) is 0.672. The van der Waals surface area contributed by atoms with Crippen LogP contribution in [0.5, 0.6) is 5.75 Å². The number of hydrogen-bond donors (Lipinski definition) is 2. The molecule has 0 amide bonds. The van der Waals surface area contributed by atoms with Gasteiger partial charge >= 0.3 is 0 Å². The molecule has 21 heavy (non-hydrogen) atoms. The fourth-order valence-electron chi connectivity index (χ4n) is 2.18. The van der Waals surface area contributed by atoms with Gasteiger partial charge in [0.15, 0.2) is 4.34 Å². The summed E-state index contributed by atoms with van der Waals surface area (Å²) in [6.45, 7) is 2.11. The number of fused-ring (bicyclic) bond motifs is 1. The van der Waals surface area contributed by atoms with Crippen molar-refractivity contribution in [1.82, 2.24) is 4.98 Å². The van der Waals surface area contributed by atoms with Crippen molar-refractivity contribution in [2.75, 3.05) is 11.6 Å². The number of benzene rings is 2. The lowest BCUT2D eigenvalue weighted by atomic mass is 10.1. The molecule has 0 spiro atoms.